The Kier molecular flexibility index (Phi) is 3.14. The number of urea groups is 1. The van der Waals surface area contributed by atoms with Gasteiger partial charge >= 0.3 is 6.03 Å². The van der Waals surface area contributed by atoms with E-state index in [1.165, 1.54) is 4.31 Å². The van der Waals surface area contributed by atoms with Gasteiger partial charge in [-0.15, -0.1) is 0 Å². The number of fused-ring (bicyclic) bond motifs is 2. The summed E-state index contributed by atoms with van der Waals surface area (Å²) in [6.45, 7) is 1.59. The molecule has 122 valence electrons. The number of aromatic nitrogens is 1. The Morgan fingerprint density at radius 2 is 2.04 bits per heavy atom. The molecule has 1 unspecified atom stereocenters. The minimum Gasteiger partial charge on any atom is -0.349 e. The van der Waals surface area contributed by atoms with Crippen LogP contribution in [-0.2, 0) is 17.1 Å². The minimum absolute atomic E-state index is 0.0846. The monoisotopic (exact) mass is 334 g/mol. The van der Waals surface area contributed by atoms with E-state index in [-0.39, 0.29) is 12.1 Å². The smallest absolute Gasteiger partial charge is 0.317 e. The van der Waals surface area contributed by atoms with Crippen LogP contribution < -0.4 is 5.32 Å². The van der Waals surface area contributed by atoms with Crippen molar-refractivity contribution in [1.29, 1.82) is 0 Å². The largest absolute Gasteiger partial charge is 0.349 e. The number of rotatable bonds is 2. The van der Waals surface area contributed by atoms with Crippen molar-refractivity contribution in [2.75, 3.05) is 26.2 Å². The summed E-state index contributed by atoms with van der Waals surface area (Å²) in [5.74, 6) is 0. The van der Waals surface area contributed by atoms with E-state index in [1.54, 1.807) is 17.0 Å². The Hall–Kier alpha value is -2.06. The normalized spacial score (nSPS) is 22.4. The highest BCUT2D eigenvalue weighted by molar-refractivity contribution is 7.89. The van der Waals surface area contributed by atoms with Gasteiger partial charge in [0.05, 0.1) is 11.6 Å². The first-order valence-corrected chi connectivity index (χ1v) is 9.01. The van der Waals surface area contributed by atoms with Crippen molar-refractivity contribution in [2.24, 2.45) is 7.05 Å². The molecule has 2 aliphatic heterocycles. The summed E-state index contributed by atoms with van der Waals surface area (Å²) >= 11 is 0. The number of para-hydroxylation sites is 1. The molecule has 0 aliphatic carbocycles. The third-order valence-corrected chi connectivity index (χ3v) is 6.57. The topological polar surface area (TPSA) is 74.7 Å². The molecule has 1 aromatic heterocycles. The number of piperazine rings is 1. The van der Waals surface area contributed by atoms with Crippen LogP contribution in [0.5, 0.6) is 0 Å². The maximum atomic E-state index is 13.1. The highest BCUT2D eigenvalue weighted by Gasteiger charge is 2.40. The van der Waals surface area contributed by atoms with Crippen molar-refractivity contribution in [3.05, 3.63) is 30.5 Å². The third-order valence-electron chi connectivity index (χ3n) is 4.67. The second-order valence-corrected chi connectivity index (χ2v) is 7.92. The van der Waals surface area contributed by atoms with Gasteiger partial charge in [-0.05, 0) is 12.1 Å². The number of hydrogen-bond acceptors (Lipinski definition) is 3. The van der Waals surface area contributed by atoms with Crippen LogP contribution in [0.2, 0.25) is 0 Å². The molecule has 7 nitrogen and oxygen atoms in total. The van der Waals surface area contributed by atoms with Crippen LogP contribution in [0.4, 0.5) is 4.79 Å². The second-order valence-electron chi connectivity index (χ2n) is 6.02. The Morgan fingerprint density at radius 1 is 1.22 bits per heavy atom. The average molecular weight is 334 g/mol. The Balaban J connectivity index is 1.73. The Morgan fingerprint density at radius 3 is 2.87 bits per heavy atom. The molecule has 0 spiro atoms. The fourth-order valence-electron chi connectivity index (χ4n) is 3.46. The minimum atomic E-state index is -3.59. The molecule has 0 bridgehead atoms. The van der Waals surface area contributed by atoms with Gasteiger partial charge in [0.25, 0.3) is 0 Å². The number of nitrogens with one attached hydrogen (secondary N) is 1. The number of benzene rings is 1. The summed E-state index contributed by atoms with van der Waals surface area (Å²) in [5, 5.41) is 3.68. The van der Waals surface area contributed by atoms with Crippen molar-refractivity contribution in [1.82, 2.24) is 19.1 Å². The summed E-state index contributed by atoms with van der Waals surface area (Å²) in [6, 6.07) is 7.06. The van der Waals surface area contributed by atoms with E-state index < -0.39 is 10.0 Å². The van der Waals surface area contributed by atoms with Gasteiger partial charge < -0.3 is 14.8 Å². The molecule has 2 fully saturated rings. The standard InChI is InChI=1S/C15H18N4O3S/c1-17-6-5-11-3-2-4-13(14(11)17)23(21,22)18-7-8-19-12(10-18)9-16-15(19)20/h2-6,12H,7-10H2,1H3,(H,16,20). The molecule has 23 heavy (non-hydrogen) atoms. The zero-order valence-electron chi connectivity index (χ0n) is 12.8. The van der Waals surface area contributed by atoms with Crippen molar-refractivity contribution in [3.63, 3.8) is 0 Å². The van der Waals surface area contributed by atoms with E-state index in [0.717, 1.165) is 10.9 Å². The van der Waals surface area contributed by atoms with Crippen LogP contribution in [0.3, 0.4) is 0 Å². The van der Waals surface area contributed by atoms with E-state index in [9.17, 15) is 13.2 Å². The first-order chi connectivity index (χ1) is 11.0. The van der Waals surface area contributed by atoms with E-state index in [2.05, 4.69) is 5.32 Å². The number of carbonyl (C=O) groups is 1. The van der Waals surface area contributed by atoms with Crippen LogP contribution in [0, 0.1) is 0 Å². The Bertz CT molecular complexity index is 889. The first kappa shape index (κ1) is 14.5. The number of hydrogen-bond donors (Lipinski definition) is 1. The third kappa shape index (κ3) is 2.13. The molecule has 1 aromatic carbocycles. The molecule has 2 aromatic rings. The van der Waals surface area contributed by atoms with Crippen LogP contribution in [0.25, 0.3) is 10.9 Å². The summed E-state index contributed by atoms with van der Waals surface area (Å²) in [6.07, 6.45) is 1.86. The van der Waals surface area contributed by atoms with Gasteiger partial charge in [-0.3, -0.25) is 0 Å². The molecular formula is C15H18N4O3S. The predicted octanol–water partition coefficient (Wildman–Crippen LogP) is 0.576. The fraction of sp³-hybridized carbons (Fsp3) is 0.400. The van der Waals surface area contributed by atoms with Crippen LogP contribution in [0.1, 0.15) is 0 Å². The number of nitrogens with zero attached hydrogens (tertiary/aromatic N) is 3. The number of aryl methyl sites for hydroxylation is 1. The van der Waals surface area contributed by atoms with Gasteiger partial charge in [0.2, 0.25) is 10.0 Å². The number of sulfonamides is 1. The number of amides is 2. The molecule has 2 amide bonds. The molecule has 3 heterocycles. The summed E-state index contributed by atoms with van der Waals surface area (Å²) in [4.78, 5) is 13.7. The van der Waals surface area contributed by atoms with Gasteiger partial charge in [-0.1, -0.05) is 12.1 Å². The zero-order chi connectivity index (χ0) is 16.2. The van der Waals surface area contributed by atoms with Gasteiger partial charge in [0.1, 0.15) is 4.90 Å². The summed E-state index contributed by atoms with van der Waals surface area (Å²) in [7, 11) is -1.74. The van der Waals surface area contributed by atoms with Gasteiger partial charge in [-0.25, -0.2) is 13.2 Å². The highest BCUT2D eigenvalue weighted by atomic mass is 32.2. The van der Waals surface area contributed by atoms with E-state index >= 15 is 0 Å². The van der Waals surface area contributed by atoms with Gasteiger partial charge in [0, 0.05) is 44.8 Å². The lowest BCUT2D eigenvalue weighted by Crippen LogP contribution is -2.53. The van der Waals surface area contributed by atoms with Gasteiger partial charge in [0.15, 0.2) is 0 Å². The molecule has 1 atom stereocenters. The molecule has 4 rings (SSSR count). The molecule has 0 saturated carbocycles. The van der Waals surface area contributed by atoms with Crippen LogP contribution in [-0.4, -0.2) is 60.4 Å². The van der Waals surface area contributed by atoms with Crippen LogP contribution in [0.15, 0.2) is 35.4 Å². The number of carbonyl (C=O) groups excluding carboxylic acids is 1. The average Bonchev–Trinajstić information content (AvgIpc) is 3.11. The maximum Gasteiger partial charge on any atom is 0.317 e. The molecular weight excluding hydrogens is 316 g/mol. The van der Waals surface area contributed by atoms with Gasteiger partial charge in [-0.2, -0.15) is 4.31 Å². The van der Waals surface area contributed by atoms with Crippen molar-refractivity contribution >= 4 is 27.0 Å². The van der Waals surface area contributed by atoms with E-state index in [1.807, 2.05) is 29.9 Å². The molecule has 0 radical (unpaired) electrons. The first-order valence-electron chi connectivity index (χ1n) is 7.57. The zero-order valence-corrected chi connectivity index (χ0v) is 13.6. The predicted molar refractivity (Wildman–Crippen MR) is 85.6 cm³/mol. The summed E-state index contributed by atoms with van der Waals surface area (Å²) < 4.78 is 29.5. The van der Waals surface area contributed by atoms with Crippen molar-refractivity contribution in [2.45, 2.75) is 10.9 Å². The maximum absolute atomic E-state index is 13.1. The SMILES string of the molecule is Cn1ccc2cccc(S(=O)(=O)N3CCN4C(=O)NCC4C3)c21. The fourth-order valence-corrected chi connectivity index (χ4v) is 5.18. The Labute approximate surface area is 134 Å². The molecule has 1 N–H and O–H groups in total. The quantitative estimate of drug-likeness (QED) is 0.873. The van der Waals surface area contributed by atoms with E-state index in [4.69, 9.17) is 0 Å². The second kappa shape index (κ2) is 4.97. The molecule has 2 aliphatic rings. The van der Waals surface area contributed by atoms with Crippen molar-refractivity contribution in [3.8, 4) is 0 Å². The highest BCUT2D eigenvalue weighted by Crippen LogP contribution is 2.28. The summed E-state index contributed by atoms with van der Waals surface area (Å²) in [5.41, 5.74) is 0.718. The van der Waals surface area contributed by atoms with Crippen LogP contribution >= 0.6 is 0 Å². The lowest BCUT2D eigenvalue weighted by atomic mass is 10.2. The lowest BCUT2D eigenvalue weighted by molar-refractivity contribution is 0.164. The molecule has 2 saturated heterocycles. The van der Waals surface area contributed by atoms with E-state index in [0.29, 0.717) is 31.1 Å². The van der Waals surface area contributed by atoms with Crippen molar-refractivity contribution < 1.29 is 13.2 Å². The lowest BCUT2D eigenvalue weighted by Gasteiger charge is -2.35. The molecule has 8 heteroatoms.